The van der Waals surface area contributed by atoms with Crippen LogP contribution in [-0.4, -0.2) is 16.3 Å². The topological polar surface area (TPSA) is 40.5 Å². The first-order valence-corrected chi connectivity index (χ1v) is 7.83. The Bertz CT molecular complexity index is 631. The summed E-state index contributed by atoms with van der Waals surface area (Å²) >= 11 is 0. The average Bonchev–Trinajstić information content (AvgIpc) is 2.79. The molecule has 0 aliphatic heterocycles. The van der Waals surface area contributed by atoms with E-state index in [0.717, 1.165) is 47.9 Å². The van der Waals surface area contributed by atoms with Gasteiger partial charge in [0, 0.05) is 5.92 Å². The Balaban J connectivity index is 1.95. The maximum atomic E-state index is 11.6. The summed E-state index contributed by atoms with van der Waals surface area (Å²) in [5.41, 5.74) is 3.07. The molecule has 2 aromatic rings. The van der Waals surface area contributed by atoms with Crippen LogP contribution in [-0.2, 0) is 5.60 Å². The molecule has 0 bridgehead atoms. The van der Waals surface area contributed by atoms with Crippen LogP contribution < -0.4 is 0 Å². The third kappa shape index (κ3) is 1.73. The van der Waals surface area contributed by atoms with Gasteiger partial charge in [0.2, 0.25) is 0 Å². The zero-order valence-electron chi connectivity index (χ0n) is 12.0. The maximum absolute atomic E-state index is 11.6. The van der Waals surface area contributed by atoms with Crippen LogP contribution in [0.1, 0.15) is 36.8 Å². The van der Waals surface area contributed by atoms with Crippen LogP contribution in [0, 0.1) is 5.92 Å². The molecule has 1 saturated carbocycles. The number of benzene rings is 2. The van der Waals surface area contributed by atoms with Gasteiger partial charge in [0.05, 0.1) is 6.10 Å². The third-order valence-corrected chi connectivity index (χ3v) is 5.23. The van der Waals surface area contributed by atoms with Gasteiger partial charge in [0.1, 0.15) is 5.60 Å². The molecule has 2 nitrogen and oxygen atoms in total. The summed E-state index contributed by atoms with van der Waals surface area (Å²) in [5.74, 6) is -0.115. The summed E-state index contributed by atoms with van der Waals surface area (Å²) in [6.07, 6.45) is 3.37. The molecular weight excluding hydrogens is 260 g/mol. The summed E-state index contributed by atoms with van der Waals surface area (Å²) in [6, 6.07) is 16.1. The molecule has 2 atom stereocenters. The molecule has 21 heavy (non-hydrogen) atoms. The van der Waals surface area contributed by atoms with Crippen molar-refractivity contribution in [2.45, 2.75) is 37.4 Å². The van der Waals surface area contributed by atoms with E-state index in [9.17, 15) is 10.2 Å². The fourth-order valence-corrected chi connectivity index (χ4v) is 4.24. The molecule has 0 radical (unpaired) electrons. The summed E-state index contributed by atoms with van der Waals surface area (Å²) in [5, 5.41) is 22.1. The Labute approximate surface area is 125 Å². The number of hydrogen-bond acceptors (Lipinski definition) is 2. The molecule has 0 amide bonds. The van der Waals surface area contributed by atoms with Crippen LogP contribution in [0.5, 0.6) is 0 Å². The van der Waals surface area contributed by atoms with Gasteiger partial charge in [-0.05, 0) is 35.1 Å². The standard InChI is InChI=1S/C19H20O2/c20-18-12-6-5-11-17(18)19(21)15-9-3-1-7-13(15)14-8-2-4-10-16(14)19/h1-4,7-10,17-18,20-21H,5-6,11-12H2/t17-,18-/m1/s1. The first-order chi connectivity index (χ1) is 10.2. The van der Waals surface area contributed by atoms with Gasteiger partial charge < -0.3 is 10.2 Å². The highest BCUT2D eigenvalue weighted by atomic mass is 16.3. The van der Waals surface area contributed by atoms with Crippen molar-refractivity contribution in [1.29, 1.82) is 0 Å². The lowest BCUT2D eigenvalue weighted by Gasteiger charge is -2.40. The van der Waals surface area contributed by atoms with E-state index in [4.69, 9.17) is 0 Å². The van der Waals surface area contributed by atoms with Crippen molar-refractivity contribution in [3.05, 3.63) is 59.7 Å². The van der Waals surface area contributed by atoms with Gasteiger partial charge in [-0.3, -0.25) is 0 Å². The number of fused-ring (bicyclic) bond motifs is 3. The van der Waals surface area contributed by atoms with Gasteiger partial charge in [0.25, 0.3) is 0 Å². The van der Waals surface area contributed by atoms with E-state index in [-0.39, 0.29) is 5.92 Å². The molecule has 0 spiro atoms. The SMILES string of the molecule is O[C@@H]1CCCC[C@H]1C1(O)c2ccccc2-c2ccccc21. The summed E-state index contributed by atoms with van der Waals surface area (Å²) in [4.78, 5) is 0. The van der Waals surface area contributed by atoms with Crippen molar-refractivity contribution in [3.63, 3.8) is 0 Å². The first kappa shape index (κ1) is 13.1. The van der Waals surface area contributed by atoms with Gasteiger partial charge in [-0.25, -0.2) is 0 Å². The lowest BCUT2D eigenvalue weighted by atomic mass is 9.70. The van der Waals surface area contributed by atoms with Crippen LogP contribution in [0.3, 0.4) is 0 Å². The predicted octanol–water partition coefficient (Wildman–Crippen LogP) is 3.45. The molecule has 0 unspecified atom stereocenters. The molecule has 2 heteroatoms. The van der Waals surface area contributed by atoms with Crippen molar-refractivity contribution in [2.24, 2.45) is 5.92 Å². The smallest absolute Gasteiger partial charge is 0.121 e. The van der Waals surface area contributed by atoms with Crippen LogP contribution in [0.25, 0.3) is 11.1 Å². The fourth-order valence-electron chi connectivity index (χ4n) is 4.24. The van der Waals surface area contributed by atoms with E-state index in [0.29, 0.717) is 0 Å². The van der Waals surface area contributed by atoms with E-state index >= 15 is 0 Å². The van der Waals surface area contributed by atoms with E-state index in [1.807, 2.05) is 36.4 Å². The molecule has 0 saturated heterocycles. The minimum Gasteiger partial charge on any atom is -0.393 e. The second-order valence-corrected chi connectivity index (χ2v) is 6.32. The maximum Gasteiger partial charge on any atom is 0.121 e. The molecule has 0 heterocycles. The van der Waals surface area contributed by atoms with Gasteiger partial charge in [0.15, 0.2) is 0 Å². The Morgan fingerprint density at radius 3 is 1.90 bits per heavy atom. The zero-order valence-corrected chi connectivity index (χ0v) is 12.0. The molecule has 1 fully saturated rings. The summed E-state index contributed by atoms with van der Waals surface area (Å²) in [7, 11) is 0. The second kappa shape index (κ2) is 4.69. The largest absolute Gasteiger partial charge is 0.393 e. The van der Waals surface area contributed by atoms with Crippen LogP contribution in [0.4, 0.5) is 0 Å². The summed E-state index contributed by atoms with van der Waals surface area (Å²) in [6.45, 7) is 0. The highest BCUT2D eigenvalue weighted by Crippen LogP contribution is 2.53. The Hall–Kier alpha value is -1.64. The third-order valence-electron chi connectivity index (χ3n) is 5.23. The highest BCUT2D eigenvalue weighted by molar-refractivity contribution is 5.80. The zero-order chi connectivity index (χ0) is 14.4. The predicted molar refractivity (Wildman–Crippen MR) is 82.8 cm³/mol. The lowest BCUT2D eigenvalue weighted by molar-refractivity contribution is -0.0641. The van der Waals surface area contributed by atoms with Gasteiger partial charge in [-0.15, -0.1) is 0 Å². The molecule has 2 aliphatic carbocycles. The van der Waals surface area contributed by atoms with E-state index < -0.39 is 11.7 Å². The van der Waals surface area contributed by atoms with Crippen LogP contribution in [0.15, 0.2) is 48.5 Å². The van der Waals surface area contributed by atoms with Gasteiger partial charge >= 0.3 is 0 Å². The van der Waals surface area contributed by atoms with E-state index in [1.54, 1.807) is 0 Å². The number of hydrogen-bond donors (Lipinski definition) is 2. The lowest BCUT2D eigenvalue weighted by Crippen LogP contribution is -2.43. The highest BCUT2D eigenvalue weighted by Gasteiger charge is 2.50. The Morgan fingerprint density at radius 2 is 1.33 bits per heavy atom. The minimum absolute atomic E-state index is 0.115. The average molecular weight is 280 g/mol. The van der Waals surface area contributed by atoms with Crippen molar-refractivity contribution in [2.75, 3.05) is 0 Å². The first-order valence-electron chi connectivity index (χ1n) is 7.83. The van der Waals surface area contributed by atoms with Crippen molar-refractivity contribution in [1.82, 2.24) is 0 Å². The summed E-state index contributed by atoms with van der Waals surface area (Å²) < 4.78 is 0. The minimum atomic E-state index is -1.05. The monoisotopic (exact) mass is 280 g/mol. The van der Waals surface area contributed by atoms with Gasteiger partial charge in [-0.2, -0.15) is 0 Å². The van der Waals surface area contributed by atoms with E-state index in [2.05, 4.69) is 12.1 Å². The second-order valence-electron chi connectivity index (χ2n) is 6.32. The molecular formula is C19H20O2. The molecule has 2 aliphatic rings. The molecule has 4 rings (SSSR count). The van der Waals surface area contributed by atoms with E-state index in [1.165, 1.54) is 0 Å². The fraction of sp³-hybridized carbons (Fsp3) is 0.368. The van der Waals surface area contributed by atoms with Gasteiger partial charge in [-0.1, -0.05) is 61.4 Å². The number of rotatable bonds is 1. The molecule has 108 valence electrons. The molecule has 2 aromatic carbocycles. The van der Waals surface area contributed by atoms with Crippen molar-refractivity contribution >= 4 is 0 Å². The number of aliphatic hydroxyl groups is 2. The Kier molecular flexibility index (Phi) is 2.91. The molecule has 2 N–H and O–H groups in total. The van der Waals surface area contributed by atoms with Crippen molar-refractivity contribution < 1.29 is 10.2 Å². The molecule has 0 aromatic heterocycles. The normalized spacial score (nSPS) is 26.2. The van der Waals surface area contributed by atoms with Crippen molar-refractivity contribution in [3.8, 4) is 11.1 Å². The number of aliphatic hydroxyl groups excluding tert-OH is 1. The quantitative estimate of drug-likeness (QED) is 0.840. The van der Waals surface area contributed by atoms with Crippen LogP contribution >= 0.6 is 0 Å². The van der Waals surface area contributed by atoms with Crippen LogP contribution in [0.2, 0.25) is 0 Å². The Morgan fingerprint density at radius 1 is 0.810 bits per heavy atom.